The monoisotopic (exact) mass is 366 g/mol. The molecule has 1 fully saturated rings. The Morgan fingerprint density at radius 1 is 1.26 bits per heavy atom. The Labute approximate surface area is 157 Å². The van der Waals surface area contributed by atoms with Crippen LogP contribution in [-0.2, 0) is 11.3 Å². The van der Waals surface area contributed by atoms with E-state index in [0.717, 1.165) is 23.9 Å². The van der Waals surface area contributed by atoms with Crippen molar-refractivity contribution in [3.63, 3.8) is 0 Å². The first-order chi connectivity index (χ1) is 13.2. The number of furan rings is 1. The quantitative estimate of drug-likeness (QED) is 0.769. The fourth-order valence-corrected chi connectivity index (χ4v) is 3.63. The van der Waals surface area contributed by atoms with Gasteiger partial charge in [0.05, 0.1) is 23.2 Å². The zero-order chi connectivity index (χ0) is 18.8. The smallest absolute Gasteiger partial charge is 0.289 e. The lowest BCUT2D eigenvalue weighted by molar-refractivity contribution is -0.121. The van der Waals surface area contributed by atoms with Gasteiger partial charge in [-0.2, -0.15) is 0 Å². The molecule has 0 spiro atoms. The summed E-state index contributed by atoms with van der Waals surface area (Å²) in [6, 6.07) is 11.2. The fourth-order valence-electron chi connectivity index (χ4n) is 3.63. The Kier molecular flexibility index (Phi) is 4.66. The zero-order valence-electron chi connectivity index (χ0n) is 15.2. The van der Waals surface area contributed by atoms with Crippen LogP contribution in [0, 0.1) is 5.92 Å². The van der Waals surface area contributed by atoms with Crippen LogP contribution in [0.3, 0.4) is 0 Å². The van der Waals surface area contributed by atoms with E-state index in [1.807, 2.05) is 35.8 Å². The van der Waals surface area contributed by atoms with Crippen molar-refractivity contribution in [2.75, 3.05) is 18.4 Å². The molecule has 1 aliphatic heterocycles. The maximum Gasteiger partial charge on any atom is 0.289 e. The molecule has 1 saturated heterocycles. The SMILES string of the molecule is CCn1c(NC(=O)[C@H]2CCCN(C(=O)c3ccco3)C2)nc2ccccc21. The van der Waals surface area contributed by atoms with Gasteiger partial charge in [-0.3, -0.25) is 14.9 Å². The molecule has 1 N–H and O–H groups in total. The number of likely N-dealkylation sites (tertiary alicyclic amines) is 1. The third-order valence-electron chi connectivity index (χ3n) is 5.02. The number of rotatable bonds is 4. The number of amides is 2. The van der Waals surface area contributed by atoms with E-state index in [9.17, 15) is 9.59 Å². The molecule has 7 heteroatoms. The van der Waals surface area contributed by atoms with Crippen molar-refractivity contribution >= 4 is 28.8 Å². The van der Waals surface area contributed by atoms with Gasteiger partial charge in [-0.05, 0) is 44.0 Å². The van der Waals surface area contributed by atoms with Crippen LogP contribution in [0.2, 0.25) is 0 Å². The molecule has 0 aliphatic carbocycles. The summed E-state index contributed by atoms with van der Waals surface area (Å²) in [4.78, 5) is 31.6. The van der Waals surface area contributed by atoms with Crippen LogP contribution in [-0.4, -0.2) is 39.4 Å². The molecule has 7 nitrogen and oxygen atoms in total. The van der Waals surface area contributed by atoms with Crippen LogP contribution >= 0.6 is 0 Å². The van der Waals surface area contributed by atoms with Crippen molar-refractivity contribution in [3.8, 4) is 0 Å². The number of nitrogens with one attached hydrogen (secondary N) is 1. The molecule has 1 aromatic carbocycles. The number of nitrogens with zero attached hydrogens (tertiary/aromatic N) is 3. The maximum absolute atomic E-state index is 12.8. The van der Waals surface area contributed by atoms with Gasteiger partial charge in [0.2, 0.25) is 11.9 Å². The van der Waals surface area contributed by atoms with Gasteiger partial charge < -0.3 is 13.9 Å². The maximum atomic E-state index is 12.8. The first-order valence-corrected chi connectivity index (χ1v) is 9.26. The van der Waals surface area contributed by atoms with Crippen molar-refractivity contribution in [3.05, 3.63) is 48.4 Å². The highest BCUT2D eigenvalue weighted by Crippen LogP contribution is 2.23. The van der Waals surface area contributed by atoms with Crippen molar-refractivity contribution in [1.82, 2.24) is 14.5 Å². The molecule has 0 bridgehead atoms. The average molecular weight is 366 g/mol. The Morgan fingerprint density at radius 2 is 2.11 bits per heavy atom. The Bertz CT molecular complexity index is 961. The minimum absolute atomic E-state index is 0.100. The summed E-state index contributed by atoms with van der Waals surface area (Å²) in [5.41, 5.74) is 1.85. The summed E-state index contributed by atoms with van der Waals surface area (Å²) in [5.74, 6) is 0.333. The van der Waals surface area contributed by atoms with Crippen LogP contribution in [0.15, 0.2) is 47.1 Å². The number of hydrogen-bond donors (Lipinski definition) is 1. The van der Waals surface area contributed by atoms with E-state index < -0.39 is 0 Å². The van der Waals surface area contributed by atoms with Crippen LogP contribution in [0.4, 0.5) is 5.95 Å². The molecule has 0 radical (unpaired) electrons. The summed E-state index contributed by atoms with van der Waals surface area (Å²) in [6.07, 6.45) is 3.02. The molecule has 2 aromatic heterocycles. The first-order valence-electron chi connectivity index (χ1n) is 9.26. The van der Waals surface area contributed by atoms with E-state index in [0.29, 0.717) is 31.3 Å². The van der Waals surface area contributed by atoms with Crippen LogP contribution in [0.1, 0.15) is 30.3 Å². The van der Waals surface area contributed by atoms with E-state index in [-0.39, 0.29) is 17.7 Å². The summed E-state index contributed by atoms with van der Waals surface area (Å²) in [7, 11) is 0. The van der Waals surface area contributed by atoms with Gasteiger partial charge in [0, 0.05) is 19.6 Å². The second-order valence-electron chi connectivity index (χ2n) is 6.73. The zero-order valence-corrected chi connectivity index (χ0v) is 15.2. The third-order valence-corrected chi connectivity index (χ3v) is 5.02. The van der Waals surface area contributed by atoms with Crippen LogP contribution in [0.5, 0.6) is 0 Å². The standard InChI is InChI=1S/C20H22N4O3/c1-2-24-16-9-4-3-8-15(16)21-20(24)22-18(25)14-7-5-11-23(13-14)19(26)17-10-6-12-27-17/h3-4,6,8-10,12,14H,2,5,7,11,13H2,1H3,(H,21,22,25)/t14-/m0/s1. The molecule has 0 unspecified atom stereocenters. The predicted molar refractivity (Wildman–Crippen MR) is 101 cm³/mol. The Balaban J connectivity index is 1.49. The van der Waals surface area contributed by atoms with Crippen molar-refractivity contribution in [2.24, 2.45) is 5.92 Å². The molecule has 27 heavy (non-hydrogen) atoms. The first kappa shape index (κ1) is 17.3. The summed E-state index contributed by atoms with van der Waals surface area (Å²) < 4.78 is 7.19. The van der Waals surface area contributed by atoms with Gasteiger partial charge in [-0.1, -0.05) is 12.1 Å². The molecule has 1 atom stereocenters. The number of anilines is 1. The largest absolute Gasteiger partial charge is 0.459 e. The number of fused-ring (bicyclic) bond motifs is 1. The fraction of sp³-hybridized carbons (Fsp3) is 0.350. The number of hydrogen-bond acceptors (Lipinski definition) is 4. The Hall–Kier alpha value is -3.09. The highest BCUT2D eigenvalue weighted by molar-refractivity contribution is 5.95. The van der Waals surface area contributed by atoms with Gasteiger partial charge in [0.25, 0.3) is 5.91 Å². The van der Waals surface area contributed by atoms with Crippen molar-refractivity contribution in [1.29, 1.82) is 0 Å². The molecular formula is C20H22N4O3. The van der Waals surface area contributed by atoms with Gasteiger partial charge >= 0.3 is 0 Å². The van der Waals surface area contributed by atoms with Gasteiger partial charge in [-0.25, -0.2) is 4.98 Å². The average Bonchev–Trinajstić information content (AvgIpc) is 3.35. The number of aromatic nitrogens is 2. The summed E-state index contributed by atoms with van der Waals surface area (Å²) in [6.45, 7) is 3.76. The highest BCUT2D eigenvalue weighted by Gasteiger charge is 2.30. The number of imidazole rings is 1. The van der Waals surface area contributed by atoms with Gasteiger partial charge in [0.15, 0.2) is 5.76 Å². The number of para-hydroxylation sites is 2. The number of carbonyl (C=O) groups is 2. The summed E-state index contributed by atoms with van der Waals surface area (Å²) >= 11 is 0. The summed E-state index contributed by atoms with van der Waals surface area (Å²) in [5, 5.41) is 2.97. The molecule has 3 heterocycles. The number of carbonyl (C=O) groups excluding carboxylic acids is 2. The lowest BCUT2D eigenvalue weighted by atomic mass is 9.97. The molecule has 1 aliphatic rings. The van der Waals surface area contributed by atoms with Crippen molar-refractivity contribution in [2.45, 2.75) is 26.3 Å². The van der Waals surface area contributed by atoms with E-state index in [1.54, 1.807) is 17.0 Å². The number of aryl methyl sites for hydroxylation is 1. The molecule has 0 saturated carbocycles. The lowest BCUT2D eigenvalue weighted by Crippen LogP contribution is -2.43. The molecule has 4 rings (SSSR count). The van der Waals surface area contributed by atoms with Crippen LogP contribution < -0.4 is 5.32 Å². The second-order valence-corrected chi connectivity index (χ2v) is 6.73. The van der Waals surface area contributed by atoms with E-state index in [2.05, 4.69) is 10.3 Å². The molecular weight excluding hydrogens is 344 g/mol. The van der Waals surface area contributed by atoms with Gasteiger partial charge in [-0.15, -0.1) is 0 Å². The van der Waals surface area contributed by atoms with E-state index >= 15 is 0 Å². The minimum Gasteiger partial charge on any atom is -0.459 e. The number of piperidine rings is 1. The minimum atomic E-state index is -0.261. The van der Waals surface area contributed by atoms with Gasteiger partial charge in [0.1, 0.15) is 0 Å². The molecule has 140 valence electrons. The number of benzene rings is 1. The van der Waals surface area contributed by atoms with E-state index in [1.165, 1.54) is 6.26 Å². The van der Waals surface area contributed by atoms with E-state index in [4.69, 9.17) is 4.42 Å². The Morgan fingerprint density at radius 3 is 2.89 bits per heavy atom. The lowest BCUT2D eigenvalue weighted by Gasteiger charge is -2.31. The molecule has 3 aromatic rings. The third kappa shape index (κ3) is 3.32. The second kappa shape index (κ2) is 7.26. The highest BCUT2D eigenvalue weighted by atomic mass is 16.3. The topological polar surface area (TPSA) is 80.4 Å². The van der Waals surface area contributed by atoms with Crippen molar-refractivity contribution < 1.29 is 14.0 Å². The normalized spacial score (nSPS) is 17.2. The predicted octanol–water partition coefficient (Wildman–Crippen LogP) is 3.14. The van der Waals surface area contributed by atoms with Crippen LogP contribution in [0.25, 0.3) is 11.0 Å². The molecule has 2 amide bonds.